The number of hydrogen-bond donors (Lipinski definition) is 3. The Balaban J connectivity index is 2.67. The van der Waals surface area contributed by atoms with Crippen molar-refractivity contribution in [3.05, 3.63) is 28.8 Å². The number of benzene rings is 1. The van der Waals surface area contributed by atoms with Crippen LogP contribution in [0.25, 0.3) is 0 Å². The maximum atomic E-state index is 11.4. The van der Waals surface area contributed by atoms with Gasteiger partial charge in [-0.05, 0) is 24.6 Å². The van der Waals surface area contributed by atoms with Crippen LogP contribution in [-0.2, 0) is 4.79 Å². The molecule has 0 saturated carbocycles. The Hall–Kier alpha value is -1.75. The average Bonchev–Trinajstić information content (AvgIpc) is 2.34. The Morgan fingerprint density at radius 2 is 2.11 bits per heavy atom. The van der Waals surface area contributed by atoms with Crippen molar-refractivity contribution in [1.82, 2.24) is 5.32 Å². The summed E-state index contributed by atoms with van der Waals surface area (Å²) < 4.78 is 0. The van der Waals surface area contributed by atoms with E-state index in [1.165, 1.54) is 6.07 Å². The largest absolute Gasteiger partial charge is 0.478 e. The van der Waals surface area contributed by atoms with Gasteiger partial charge in [0.25, 0.3) is 0 Å². The number of anilines is 1. The smallest absolute Gasteiger partial charge is 0.337 e. The molecule has 1 aromatic rings. The third-order valence-electron chi connectivity index (χ3n) is 2.22. The summed E-state index contributed by atoms with van der Waals surface area (Å²) in [6, 6.07) is 4.45. The van der Waals surface area contributed by atoms with Gasteiger partial charge >= 0.3 is 5.97 Å². The number of amides is 1. The number of nitrogens with one attached hydrogen (secondary N) is 2. The Labute approximate surface area is 110 Å². The van der Waals surface area contributed by atoms with E-state index in [1.54, 1.807) is 12.1 Å². The third kappa shape index (κ3) is 4.25. The van der Waals surface area contributed by atoms with E-state index in [4.69, 9.17) is 16.7 Å². The predicted molar refractivity (Wildman–Crippen MR) is 70.2 cm³/mol. The molecule has 0 unspecified atom stereocenters. The molecule has 0 saturated heterocycles. The van der Waals surface area contributed by atoms with Crippen molar-refractivity contribution in [2.75, 3.05) is 18.4 Å². The van der Waals surface area contributed by atoms with E-state index in [2.05, 4.69) is 10.6 Å². The fourth-order valence-electron chi connectivity index (χ4n) is 1.35. The summed E-state index contributed by atoms with van der Waals surface area (Å²) in [5, 5.41) is 14.8. The second kappa shape index (κ2) is 6.86. The zero-order chi connectivity index (χ0) is 13.5. The Morgan fingerprint density at radius 1 is 1.39 bits per heavy atom. The molecule has 0 spiro atoms. The van der Waals surface area contributed by atoms with Crippen LogP contribution in [-0.4, -0.2) is 30.1 Å². The van der Waals surface area contributed by atoms with Gasteiger partial charge in [0.15, 0.2) is 0 Å². The minimum Gasteiger partial charge on any atom is -0.478 e. The summed E-state index contributed by atoms with van der Waals surface area (Å²) in [4.78, 5) is 22.4. The fraction of sp³-hybridized carbons (Fsp3) is 0.333. The number of halogens is 1. The molecule has 6 heteroatoms. The van der Waals surface area contributed by atoms with E-state index >= 15 is 0 Å². The summed E-state index contributed by atoms with van der Waals surface area (Å²) in [7, 11) is 0. The molecule has 1 aromatic carbocycles. The van der Waals surface area contributed by atoms with Gasteiger partial charge in [-0.1, -0.05) is 18.5 Å². The molecular formula is C12H15ClN2O3. The van der Waals surface area contributed by atoms with Gasteiger partial charge < -0.3 is 15.7 Å². The lowest BCUT2D eigenvalue weighted by atomic mass is 10.2. The summed E-state index contributed by atoms with van der Waals surface area (Å²) in [5.41, 5.74) is 0.421. The molecule has 0 heterocycles. The van der Waals surface area contributed by atoms with Crippen molar-refractivity contribution in [3.8, 4) is 0 Å². The van der Waals surface area contributed by atoms with Crippen LogP contribution in [0, 0.1) is 0 Å². The van der Waals surface area contributed by atoms with Gasteiger partial charge in [-0.15, -0.1) is 0 Å². The Kier molecular flexibility index (Phi) is 5.45. The minimum absolute atomic E-state index is 0.0297. The molecular weight excluding hydrogens is 256 g/mol. The van der Waals surface area contributed by atoms with Gasteiger partial charge in [0, 0.05) is 17.3 Å². The highest BCUT2D eigenvalue weighted by atomic mass is 35.5. The summed E-state index contributed by atoms with van der Waals surface area (Å²) in [6.45, 7) is 2.59. The van der Waals surface area contributed by atoms with Gasteiger partial charge in [0.1, 0.15) is 0 Å². The maximum absolute atomic E-state index is 11.4. The Bertz CT molecular complexity index is 449. The fourth-order valence-corrected chi connectivity index (χ4v) is 1.52. The predicted octanol–water partition coefficient (Wildman–Crippen LogP) is 1.98. The van der Waals surface area contributed by atoms with Crippen LogP contribution in [0.3, 0.4) is 0 Å². The number of carboxylic acids is 1. The molecule has 1 amide bonds. The van der Waals surface area contributed by atoms with Gasteiger partial charge in [-0.25, -0.2) is 4.79 Å². The summed E-state index contributed by atoms with van der Waals surface area (Å²) in [6.07, 6.45) is 0.854. The van der Waals surface area contributed by atoms with Crippen LogP contribution >= 0.6 is 11.6 Å². The highest BCUT2D eigenvalue weighted by Gasteiger charge is 2.11. The normalized spacial score (nSPS) is 9.89. The quantitative estimate of drug-likeness (QED) is 0.739. The van der Waals surface area contributed by atoms with Gasteiger partial charge in [-0.2, -0.15) is 0 Å². The molecule has 0 aromatic heterocycles. The van der Waals surface area contributed by atoms with Crippen LogP contribution < -0.4 is 10.6 Å². The first-order valence-corrected chi connectivity index (χ1v) is 5.95. The van der Waals surface area contributed by atoms with Crippen LogP contribution in [0.15, 0.2) is 18.2 Å². The molecule has 0 aliphatic heterocycles. The molecule has 0 aliphatic carbocycles. The number of rotatable bonds is 6. The zero-order valence-corrected chi connectivity index (χ0v) is 10.8. The number of carboxylic acid groups (broad SMARTS) is 1. The first-order chi connectivity index (χ1) is 8.54. The van der Waals surface area contributed by atoms with Crippen molar-refractivity contribution < 1.29 is 14.7 Å². The van der Waals surface area contributed by atoms with Crippen molar-refractivity contribution in [2.45, 2.75) is 13.3 Å². The minimum atomic E-state index is -1.09. The zero-order valence-electron chi connectivity index (χ0n) is 10.00. The first-order valence-electron chi connectivity index (χ1n) is 5.58. The summed E-state index contributed by atoms with van der Waals surface area (Å²) in [5.74, 6) is -1.27. The number of carbonyl (C=O) groups is 2. The number of aromatic carboxylic acids is 1. The molecule has 18 heavy (non-hydrogen) atoms. The van der Waals surface area contributed by atoms with E-state index in [9.17, 15) is 9.59 Å². The van der Waals surface area contributed by atoms with Crippen molar-refractivity contribution in [1.29, 1.82) is 0 Å². The molecule has 0 bridgehead atoms. The average molecular weight is 271 g/mol. The monoisotopic (exact) mass is 270 g/mol. The molecule has 5 nitrogen and oxygen atoms in total. The third-order valence-corrected chi connectivity index (χ3v) is 2.46. The van der Waals surface area contributed by atoms with E-state index in [-0.39, 0.29) is 18.0 Å². The van der Waals surface area contributed by atoms with E-state index in [0.29, 0.717) is 17.3 Å². The lowest BCUT2D eigenvalue weighted by Crippen LogP contribution is -2.30. The summed E-state index contributed by atoms with van der Waals surface area (Å²) >= 11 is 5.72. The number of hydrogen-bond acceptors (Lipinski definition) is 3. The maximum Gasteiger partial charge on any atom is 0.337 e. The molecule has 3 N–H and O–H groups in total. The molecule has 0 aliphatic rings. The van der Waals surface area contributed by atoms with Gasteiger partial charge in [0.05, 0.1) is 12.1 Å². The molecule has 0 atom stereocenters. The highest BCUT2D eigenvalue weighted by molar-refractivity contribution is 6.31. The van der Waals surface area contributed by atoms with Crippen LogP contribution in [0.4, 0.5) is 5.69 Å². The van der Waals surface area contributed by atoms with Crippen LogP contribution in [0.1, 0.15) is 23.7 Å². The molecule has 98 valence electrons. The van der Waals surface area contributed by atoms with Crippen molar-refractivity contribution in [3.63, 3.8) is 0 Å². The van der Waals surface area contributed by atoms with Crippen LogP contribution in [0.5, 0.6) is 0 Å². The standard InChI is InChI=1S/C12H15ClN2O3/c1-2-5-14-11(16)7-15-10-4-3-8(13)6-9(10)12(17)18/h3-4,6,15H,2,5,7H2,1H3,(H,14,16)(H,17,18). The highest BCUT2D eigenvalue weighted by Crippen LogP contribution is 2.20. The van der Waals surface area contributed by atoms with Crippen LogP contribution in [0.2, 0.25) is 5.02 Å². The van der Waals surface area contributed by atoms with Gasteiger partial charge in [-0.3, -0.25) is 4.79 Å². The van der Waals surface area contributed by atoms with Crippen molar-refractivity contribution in [2.24, 2.45) is 0 Å². The topological polar surface area (TPSA) is 78.4 Å². The SMILES string of the molecule is CCCNC(=O)CNc1ccc(Cl)cc1C(=O)O. The van der Waals surface area contributed by atoms with Crippen molar-refractivity contribution >= 4 is 29.2 Å². The lowest BCUT2D eigenvalue weighted by molar-refractivity contribution is -0.119. The Morgan fingerprint density at radius 3 is 2.72 bits per heavy atom. The van der Waals surface area contributed by atoms with Gasteiger partial charge in [0.2, 0.25) is 5.91 Å². The lowest BCUT2D eigenvalue weighted by Gasteiger charge is -2.10. The van der Waals surface area contributed by atoms with E-state index in [1.807, 2.05) is 6.92 Å². The van der Waals surface area contributed by atoms with E-state index < -0.39 is 5.97 Å². The second-order valence-corrected chi connectivity index (χ2v) is 4.14. The van der Waals surface area contributed by atoms with E-state index in [0.717, 1.165) is 6.42 Å². The second-order valence-electron chi connectivity index (χ2n) is 3.70. The number of carbonyl (C=O) groups excluding carboxylic acids is 1. The first kappa shape index (κ1) is 14.3. The molecule has 0 radical (unpaired) electrons. The molecule has 1 rings (SSSR count). The molecule has 0 fully saturated rings.